The molecule has 0 aromatic heterocycles. The topological polar surface area (TPSA) is 62.3 Å². The molecule has 3 fully saturated rings. The van der Waals surface area contributed by atoms with Crippen LogP contribution in [0.3, 0.4) is 0 Å². The number of hydrogen-bond donors (Lipinski definition) is 0. The van der Waals surface area contributed by atoms with Gasteiger partial charge < -0.3 is 19.3 Å². The number of fused-ring (bicyclic) bond motifs is 1. The SMILES string of the molecule is COc1ccccc1N1CCC(N2C(=O)C3CC(OC)CN3C2=O)C1. The minimum Gasteiger partial charge on any atom is -0.495 e. The van der Waals surface area contributed by atoms with Crippen molar-refractivity contribution in [2.24, 2.45) is 0 Å². The molecule has 7 heteroatoms. The van der Waals surface area contributed by atoms with Crippen LogP contribution in [0.2, 0.25) is 0 Å². The van der Waals surface area contributed by atoms with E-state index in [-0.39, 0.29) is 30.1 Å². The van der Waals surface area contributed by atoms with Crippen LogP contribution >= 0.6 is 0 Å². The van der Waals surface area contributed by atoms with Gasteiger partial charge in [0.1, 0.15) is 11.8 Å². The zero-order chi connectivity index (χ0) is 17.6. The summed E-state index contributed by atoms with van der Waals surface area (Å²) in [4.78, 5) is 30.9. The Hall–Kier alpha value is -2.28. The Balaban J connectivity index is 1.49. The lowest BCUT2D eigenvalue weighted by Gasteiger charge is -2.25. The molecule has 3 atom stereocenters. The lowest BCUT2D eigenvalue weighted by atomic mass is 10.1. The van der Waals surface area contributed by atoms with Gasteiger partial charge in [-0.3, -0.25) is 9.69 Å². The predicted molar refractivity (Wildman–Crippen MR) is 91.8 cm³/mol. The van der Waals surface area contributed by atoms with Crippen molar-refractivity contribution in [3.05, 3.63) is 24.3 Å². The fourth-order valence-electron chi connectivity index (χ4n) is 4.21. The van der Waals surface area contributed by atoms with Crippen molar-refractivity contribution in [3.8, 4) is 5.75 Å². The second-order valence-corrected chi connectivity index (χ2v) is 6.81. The molecular formula is C18H23N3O4. The largest absolute Gasteiger partial charge is 0.495 e. The first kappa shape index (κ1) is 16.2. The Morgan fingerprint density at radius 3 is 2.64 bits per heavy atom. The summed E-state index contributed by atoms with van der Waals surface area (Å²) in [5.41, 5.74) is 1.01. The van der Waals surface area contributed by atoms with Crippen LogP contribution in [0, 0.1) is 0 Å². The summed E-state index contributed by atoms with van der Waals surface area (Å²) < 4.78 is 10.8. The van der Waals surface area contributed by atoms with E-state index in [1.54, 1.807) is 19.1 Å². The molecule has 25 heavy (non-hydrogen) atoms. The Kier molecular flexibility index (Phi) is 4.03. The summed E-state index contributed by atoms with van der Waals surface area (Å²) in [6.45, 7) is 1.95. The molecule has 0 spiro atoms. The minimum atomic E-state index is -0.349. The maximum atomic E-state index is 12.8. The number of anilines is 1. The van der Waals surface area contributed by atoms with Crippen LogP contribution in [0.4, 0.5) is 10.5 Å². The number of imide groups is 1. The van der Waals surface area contributed by atoms with Crippen LogP contribution < -0.4 is 9.64 Å². The Morgan fingerprint density at radius 1 is 1.12 bits per heavy atom. The maximum absolute atomic E-state index is 12.8. The first-order valence-corrected chi connectivity index (χ1v) is 8.68. The number of para-hydroxylation sites is 2. The monoisotopic (exact) mass is 345 g/mol. The van der Waals surface area contributed by atoms with E-state index in [0.29, 0.717) is 19.5 Å². The summed E-state index contributed by atoms with van der Waals surface area (Å²) in [5, 5.41) is 0. The lowest BCUT2D eigenvalue weighted by molar-refractivity contribution is -0.129. The molecule has 134 valence electrons. The van der Waals surface area contributed by atoms with Crippen molar-refractivity contribution in [1.29, 1.82) is 0 Å². The Labute approximate surface area is 147 Å². The summed E-state index contributed by atoms with van der Waals surface area (Å²) in [7, 11) is 3.28. The van der Waals surface area contributed by atoms with Crippen molar-refractivity contribution in [3.63, 3.8) is 0 Å². The van der Waals surface area contributed by atoms with Crippen LogP contribution in [0.15, 0.2) is 24.3 Å². The number of ether oxygens (including phenoxy) is 2. The van der Waals surface area contributed by atoms with E-state index < -0.39 is 0 Å². The normalized spacial score (nSPS) is 28.9. The van der Waals surface area contributed by atoms with E-state index in [0.717, 1.165) is 24.4 Å². The lowest BCUT2D eigenvalue weighted by Crippen LogP contribution is -2.44. The van der Waals surface area contributed by atoms with Gasteiger partial charge >= 0.3 is 6.03 Å². The van der Waals surface area contributed by atoms with E-state index in [2.05, 4.69) is 4.90 Å². The highest BCUT2D eigenvalue weighted by molar-refractivity contribution is 6.05. The third kappa shape index (κ3) is 2.54. The Morgan fingerprint density at radius 2 is 1.92 bits per heavy atom. The number of urea groups is 1. The Bertz CT molecular complexity index is 671. The smallest absolute Gasteiger partial charge is 0.327 e. The summed E-state index contributed by atoms with van der Waals surface area (Å²) in [6.07, 6.45) is 1.35. The van der Waals surface area contributed by atoms with Gasteiger partial charge in [-0.2, -0.15) is 0 Å². The zero-order valence-corrected chi connectivity index (χ0v) is 14.6. The molecule has 0 bridgehead atoms. The highest BCUT2D eigenvalue weighted by Gasteiger charge is 2.53. The molecule has 0 radical (unpaired) electrons. The third-order valence-electron chi connectivity index (χ3n) is 5.52. The van der Waals surface area contributed by atoms with Crippen LogP contribution in [0.1, 0.15) is 12.8 Å². The molecule has 0 N–H and O–H groups in total. The number of carbonyl (C=O) groups is 2. The molecule has 7 nitrogen and oxygen atoms in total. The minimum absolute atomic E-state index is 0.0336. The van der Waals surface area contributed by atoms with Gasteiger partial charge in [-0.25, -0.2) is 4.79 Å². The average molecular weight is 345 g/mol. The molecule has 1 aromatic rings. The fourth-order valence-corrected chi connectivity index (χ4v) is 4.21. The number of rotatable bonds is 4. The first-order chi connectivity index (χ1) is 12.1. The average Bonchev–Trinajstić information content (AvgIpc) is 3.32. The van der Waals surface area contributed by atoms with Crippen LogP contribution in [-0.4, -0.2) is 73.8 Å². The van der Waals surface area contributed by atoms with Gasteiger partial charge in [0.15, 0.2) is 0 Å². The number of carbonyl (C=O) groups excluding carboxylic acids is 2. The van der Waals surface area contributed by atoms with Crippen molar-refractivity contribution in [2.45, 2.75) is 31.0 Å². The van der Waals surface area contributed by atoms with Crippen LogP contribution in [-0.2, 0) is 9.53 Å². The summed E-state index contributed by atoms with van der Waals surface area (Å²) in [6, 6.07) is 7.24. The van der Waals surface area contributed by atoms with Gasteiger partial charge in [-0.1, -0.05) is 12.1 Å². The second kappa shape index (κ2) is 6.22. The number of amides is 3. The molecule has 3 heterocycles. The van der Waals surface area contributed by atoms with Gasteiger partial charge in [-0.05, 0) is 18.6 Å². The van der Waals surface area contributed by atoms with E-state index in [9.17, 15) is 9.59 Å². The van der Waals surface area contributed by atoms with Crippen molar-refractivity contribution < 1.29 is 19.1 Å². The predicted octanol–water partition coefficient (Wildman–Crippen LogP) is 1.33. The molecule has 3 aliphatic rings. The number of nitrogens with zero attached hydrogens (tertiary/aromatic N) is 3. The molecule has 3 amide bonds. The summed E-state index contributed by atoms with van der Waals surface area (Å²) >= 11 is 0. The molecule has 0 saturated carbocycles. The molecule has 0 aliphatic carbocycles. The highest BCUT2D eigenvalue weighted by Crippen LogP contribution is 2.35. The van der Waals surface area contributed by atoms with Crippen molar-refractivity contribution in [2.75, 3.05) is 38.8 Å². The van der Waals surface area contributed by atoms with Gasteiger partial charge in [0.05, 0.1) is 24.9 Å². The zero-order valence-electron chi connectivity index (χ0n) is 14.6. The van der Waals surface area contributed by atoms with E-state index in [1.165, 1.54) is 4.90 Å². The van der Waals surface area contributed by atoms with Crippen molar-refractivity contribution in [1.82, 2.24) is 9.80 Å². The molecule has 1 aromatic carbocycles. The summed E-state index contributed by atoms with van der Waals surface area (Å²) in [5.74, 6) is 0.738. The molecule has 3 saturated heterocycles. The molecular weight excluding hydrogens is 322 g/mol. The number of benzene rings is 1. The second-order valence-electron chi connectivity index (χ2n) is 6.81. The van der Waals surface area contributed by atoms with Gasteiger partial charge in [0.2, 0.25) is 0 Å². The highest BCUT2D eigenvalue weighted by atomic mass is 16.5. The quantitative estimate of drug-likeness (QED) is 0.771. The fraction of sp³-hybridized carbons (Fsp3) is 0.556. The van der Waals surface area contributed by atoms with Crippen molar-refractivity contribution >= 4 is 17.6 Å². The standard InChI is InChI=1S/C18H23N3O4/c1-24-13-9-15-17(22)21(18(23)20(15)11-13)12-7-8-19(10-12)14-5-3-4-6-16(14)25-2/h3-6,12-13,15H,7-11H2,1-2H3. The maximum Gasteiger partial charge on any atom is 0.327 e. The van der Waals surface area contributed by atoms with E-state index in [1.807, 2.05) is 24.3 Å². The number of hydrogen-bond acceptors (Lipinski definition) is 5. The number of methoxy groups -OCH3 is 2. The molecule has 3 unspecified atom stereocenters. The van der Waals surface area contributed by atoms with E-state index in [4.69, 9.17) is 9.47 Å². The van der Waals surface area contributed by atoms with Gasteiger partial charge in [-0.15, -0.1) is 0 Å². The van der Waals surface area contributed by atoms with Gasteiger partial charge in [0, 0.05) is 33.2 Å². The van der Waals surface area contributed by atoms with Crippen LogP contribution in [0.5, 0.6) is 5.75 Å². The van der Waals surface area contributed by atoms with E-state index >= 15 is 0 Å². The molecule has 4 rings (SSSR count). The third-order valence-corrected chi connectivity index (χ3v) is 5.52. The molecule has 3 aliphatic heterocycles. The van der Waals surface area contributed by atoms with Gasteiger partial charge in [0.25, 0.3) is 5.91 Å². The first-order valence-electron chi connectivity index (χ1n) is 8.68. The van der Waals surface area contributed by atoms with Crippen LogP contribution in [0.25, 0.3) is 0 Å².